The van der Waals surface area contributed by atoms with Crippen LogP contribution in [0.5, 0.6) is 0 Å². The average Bonchev–Trinajstić information content (AvgIpc) is 3.79. The molecule has 2 aromatic heterocycles. The predicted molar refractivity (Wildman–Crippen MR) is 241 cm³/mol. The van der Waals surface area contributed by atoms with E-state index in [-0.39, 0.29) is 0 Å². The Labute approximate surface area is 343 Å². The van der Waals surface area contributed by atoms with E-state index < -0.39 is 5.41 Å². The molecule has 0 fully saturated rings. The SMILES string of the molecule is c1ccc(-c2cc(-c3ccccc3)nc(-c3ccc(-c4ccc(-c5nc6c(c7ccccc57)C5(c7ccccc7-c7ccccc75)c5ccccc5-6)cc4)cc3)n2)cc1. The van der Waals surface area contributed by atoms with Crippen LogP contribution < -0.4 is 0 Å². The van der Waals surface area contributed by atoms with Crippen molar-refractivity contribution in [2.24, 2.45) is 0 Å². The lowest BCUT2D eigenvalue weighted by molar-refractivity contribution is 0.799. The minimum atomic E-state index is -0.447. The molecular formula is C56H35N3. The molecule has 2 heterocycles. The van der Waals surface area contributed by atoms with Crippen LogP contribution in [0.4, 0.5) is 0 Å². The third kappa shape index (κ3) is 5.05. The highest BCUT2D eigenvalue weighted by Gasteiger charge is 2.53. The number of nitrogens with zero attached hydrogens (tertiary/aromatic N) is 3. The van der Waals surface area contributed by atoms with Crippen molar-refractivity contribution in [1.82, 2.24) is 15.0 Å². The summed E-state index contributed by atoms with van der Waals surface area (Å²) in [7, 11) is 0. The molecule has 0 atom stereocenters. The van der Waals surface area contributed by atoms with Crippen LogP contribution in [0.2, 0.25) is 0 Å². The van der Waals surface area contributed by atoms with E-state index in [0.717, 1.165) is 61.5 Å². The van der Waals surface area contributed by atoms with Crippen LogP contribution in [0, 0.1) is 0 Å². The van der Waals surface area contributed by atoms with Gasteiger partial charge in [-0.05, 0) is 50.4 Å². The van der Waals surface area contributed by atoms with Crippen molar-refractivity contribution in [1.29, 1.82) is 0 Å². The Bertz CT molecular complexity index is 3140. The molecule has 59 heavy (non-hydrogen) atoms. The predicted octanol–water partition coefficient (Wildman–Crippen LogP) is 13.7. The minimum absolute atomic E-state index is 0.447. The molecule has 3 heteroatoms. The highest BCUT2D eigenvalue weighted by atomic mass is 14.9. The average molecular weight is 750 g/mol. The Kier molecular flexibility index (Phi) is 7.45. The summed E-state index contributed by atoms with van der Waals surface area (Å²) in [6, 6.07) is 75.8. The third-order valence-corrected chi connectivity index (χ3v) is 12.3. The van der Waals surface area contributed by atoms with Crippen LogP contribution in [0.1, 0.15) is 22.3 Å². The van der Waals surface area contributed by atoms with Crippen LogP contribution in [0.15, 0.2) is 212 Å². The zero-order valence-electron chi connectivity index (χ0n) is 32.0. The molecule has 2 aliphatic rings. The molecule has 0 unspecified atom stereocenters. The molecule has 12 rings (SSSR count). The van der Waals surface area contributed by atoms with Gasteiger partial charge in [0.25, 0.3) is 0 Å². The number of fused-ring (bicyclic) bond motifs is 12. The van der Waals surface area contributed by atoms with E-state index in [4.69, 9.17) is 15.0 Å². The van der Waals surface area contributed by atoms with Gasteiger partial charge in [-0.25, -0.2) is 15.0 Å². The molecule has 0 N–H and O–H groups in total. The number of rotatable bonds is 5. The zero-order valence-corrected chi connectivity index (χ0v) is 32.0. The number of hydrogen-bond acceptors (Lipinski definition) is 3. The summed E-state index contributed by atoms with van der Waals surface area (Å²) in [6.07, 6.45) is 0. The fraction of sp³-hybridized carbons (Fsp3) is 0.0179. The maximum absolute atomic E-state index is 5.65. The van der Waals surface area contributed by atoms with Crippen molar-refractivity contribution in [3.8, 4) is 78.7 Å². The van der Waals surface area contributed by atoms with Gasteiger partial charge in [-0.15, -0.1) is 0 Å². The van der Waals surface area contributed by atoms with Crippen LogP contribution in [-0.4, -0.2) is 15.0 Å². The fourth-order valence-corrected chi connectivity index (χ4v) is 9.73. The molecule has 3 nitrogen and oxygen atoms in total. The number of benzene rings is 8. The molecular weight excluding hydrogens is 715 g/mol. The van der Waals surface area contributed by atoms with Gasteiger partial charge in [-0.1, -0.05) is 206 Å². The normalized spacial score (nSPS) is 12.9. The van der Waals surface area contributed by atoms with Gasteiger partial charge in [-0.3, -0.25) is 0 Å². The van der Waals surface area contributed by atoms with Gasteiger partial charge in [0, 0.05) is 38.8 Å². The molecule has 0 bridgehead atoms. The van der Waals surface area contributed by atoms with Gasteiger partial charge < -0.3 is 0 Å². The lowest BCUT2D eigenvalue weighted by Crippen LogP contribution is -2.26. The molecule has 1 spiro atoms. The summed E-state index contributed by atoms with van der Waals surface area (Å²) in [5.74, 6) is 0.703. The Morgan fingerprint density at radius 3 is 1.27 bits per heavy atom. The summed E-state index contributed by atoms with van der Waals surface area (Å²) in [6.45, 7) is 0. The van der Waals surface area contributed by atoms with Crippen LogP contribution in [-0.2, 0) is 5.41 Å². The first-order valence-electron chi connectivity index (χ1n) is 20.2. The minimum Gasteiger partial charge on any atom is -0.247 e. The summed E-state index contributed by atoms with van der Waals surface area (Å²) in [4.78, 5) is 15.7. The second-order valence-corrected chi connectivity index (χ2v) is 15.5. The van der Waals surface area contributed by atoms with Gasteiger partial charge >= 0.3 is 0 Å². The summed E-state index contributed by atoms with van der Waals surface area (Å²) < 4.78 is 0. The first-order chi connectivity index (χ1) is 29.3. The Morgan fingerprint density at radius 2 is 0.712 bits per heavy atom. The monoisotopic (exact) mass is 749 g/mol. The lowest BCUT2D eigenvalue weighted by Gasteiger charge is -2.31. The molecule has 0 amide bonds. The van der Waals surface area contributed by atoms with Crippen molar-refractivity contribution in [2.45, 2.75) is 5.41 Å². The van der Waals surface area contributed by atoms with Crippen molar-refractivity contribution < 1.29 is 0 Å². The number of hydrogen-bond donors (Lipinski definition) is 0. The first kappa shape index (κ1) is 33.4. The second-order valence-electron chi connectivity index (χ2n) is 15.5. The van der Waals surface area contributed by atoms with Gasteiger partial charge in [0.1, 0.15) is 0 Å². The molecule has 0 radical (unpaired) electrons. The standard InChI is InChI=1S/C56H35N3/c1-3-15-38(16-4-1)50-35-51(39-17-5-2-6-18-39)58-55(57-50)41-33-29-37(30-34-41)36-27-31-40(32-28-36)53-45-22-8-7-21-44(45)52-54(59-53)46-23-11-14-26-49(46)56(52)47-24-12-9-19-42(47)43-20-10-13-25-48(43)56/h1-35H. The van der Waals surface area contributed by atoms with Crippen molar-refractivity contribution in [2.75, 3.05) is 0 Å². The van der Waals surface area contributed by atoms with Crippen LogP contribution in [0.3, 0.4) is 0 Å². The fourth-order valence-electron chi connectivity index (χ4n) is 9.73. The summed E-state index contributed by atoms with van der Waals surface area (Å²) in [5, 5.41) is 2.40. The molecule has 2 aliphatic carbocycles. The molecule has 0 aliphatic heterocycles. The van der Waals surface area contributed by atoms with E-state index in [1.807, 2.05) is 36.4 Å². The van der Waals surface area contributed by atoms with E-state index >= 15 is 0 Å². The Balaban J connectivity index is 0.945. The van der Waals surface area contributed by atoms with Gasteiger partial charge in [0.05, 0.1) is 28.2 Å². The quantitative estimate of drug-likeness (QED) is 0.176. The largest absolute Gasteiger partial charge is 0.247 e. The van der Waals surface area contributed by atoms with E-state index in [0.29, 0.717) is 5.82 Å². The van der Waals surface area contributed by atoms with E-state index in [9.17, 15) is 0 Å². The van der Waals surface area contributed by atoms with Gasteiger partial charge in [0.2, 0.25) is 0 Å². The second kappa shape index (κ2) is 13.2. The van der Waals surface area contributed by atoms with Crippen LogP contribution in [0.25, 0.3) is 89.4 Å². The van der Waals surface area contributed by atoms with Gasteiger partial charge in [0.15, 0.2) is 5.82 Å². The maximum Gasteiger partial charge on any atom is 0.160 e. The van der Waals surface area contributed by atoms with E-state index in [1.54, 1.807) is 0 Å². The van der Waals surface area contributed by atoms with Crippen LogP contribution >= 0.6 is 0 Å². The Hall–Kier alpha value is -7.75. The van der Waals surface area contributed by atoms with Crippen molar-refractivity contribution >= 4 is 10.8 Å². The smallest absolute Gasteiger partial charge is 0.160 e. The number of aromatic nitrogens is 3. The summed E-state index contributed by atoms with van der Waals surface area (Å²) >= 11 is 0. The highest BCUT2D eigenvalue weighted by molar-refractivity contribution is 6.06. The molecule has 8 aromatic carbocycles. The zero-order chi connectivity index (χ0) is 38.9. The first-order valence-corrected chi connectivity index (χ1v) is 20.2. The van der Waals surface area contributed by atoms with Crippen molar-refractivity contribution in [3.63, 3.8) is 0 Å². The summed E-state index contributed by atoms with van der Waals surface area (Å²) in [5.41, 5.74) is 18.9. The topological polar surface area (TPSA) is 38.7 Å². The molecule has 274 valence electrons. The highest BCUT2D eigenvalue weighted by Crippen LogP contribution is 2.64. The van der Waals surface area contributed by atoms with Gasteiger partial charge in [-0.2, -0.15) is 0 Å². The van der Waals surface area contributed by atoms with E-state index in [1.165, 1.54) is 44.3 Å². The molecule has 10 aromatic rings. The molecule has 0 saturated carbocycles. The Morgan fingerprint density at radius 1 is 0.288 bits per heavy atom. The molecule has 0 saturated heterocycles. The van der Waals surface area contributed by atoms with Crippen molar-refractivity contribution in [3.05, 3.63) is 235 Å². The number of pyridine rings is 1. The maximum atomic E-state index is 5.65. The third-order valence-electron chi connectivity index (χ3n) is 12.3. The van der Waals surface area contributed by atoms with E-state index in [2.05, 4.69) is 176 Å². The lowest BCUT2D eigenvalue weighted by atomic mass is 9.69.